The number of amides is 1. The Morgan fingerprint density at radius 3 is 2.36 bits per heavy atom. The van der Waals surface area contributed by atoms with E-state index in [0.29, 0.717) is 17.6 Å². The summed E-state index contributed by atoms with van der Waals surface area (Å²) in [6.45, 7) is 6.26. The molecule has 0 aliphatic heterocycles. The number of carbonyl (C=O) groups excluding carboxylic acids is 1. The first-order valence-electron chi connectivity index (χ1n) is 7.63. The van der Waals surface area contributed by atoms with Crippen LogP contribution in [-0.4, -0.2) is 22.1 Å². The quantitative estimate of drug-likeness (QED) is 0.856. The Morgan fingerprint density at radius 2 is 1.82 bits per heavy atom. The fraction of sp³-hybridized carbons (Fsp3) is 0.353. The molecule has 116 valence electrons. The highest BCUT2D eigenvalue weighted by Gasteiger charge is 2.09. The molecule has 2 rings (SSSR count). The Morgan fingerprint density at radius 1 is 1.09 bits per heavy atom. The molecule has 0 bridgehead atoms. The highest BCUT2D eigenvalue weighted by molar-refractivity contribution is 6.02. The SMILES string of the molecule is CCc1ccc(NC(=O)c2ccc(NC(C)CC)nn2)cc1. The van der Waals surface area contributed by atoms with E-state index in [9.17, 15) is 4.79 Å². The van der Waals surface area contributed by atoms with Gasteiger partial charge in [0, 0.05) is 11.7 Å². The van der Waals surface area contributed by atoms with E-state index >= 15 is 0 Å². The normalized spacial score (nSPS) is 11.8. The minimum absolute atomic E-state index is 0.258. The van der Waals surface area contributed by atoms with Crippen molar-refractivity contribution in [2.75, 3.05) is 10.6 Å². The maximum Gasteiger partial charge on any atom is 0.276 e. The predicted molar refractivity (Wildman–Crippen MR) is 89.2 cm³/mol. The maximum absolute atomic E-state index is 12.1. The smallest absolute Gasteiger partial charge is 0.276 e. The molecular formula is C17H22N4O. The first-order valence-corrected chi connectivity index (χ1v) is 7.63. The van der Waals surface area contributed by atoms with Gasteiger partial charge in [0.2, 0.25) is 0 Å². The van der Waals surface area contributed by atoms with Gasteiger partial charge in [0.15, 0.2) is 5.69 Å². The van der Waals surface area contributed by atoms with Crippen LogP contribution in [0.1, 0.15) is 43.2 Å². The summed E-state index contributed by atoms with van der Waals surface area (Å²) in [4.78, 5) is 12.1. The van der Waals surface area contributed by atoms with Gasteiger partial charge in [-0.15, -0.1) is 10.2 Å². The topological polar surface area (TPSA) is 66.9 Å². The van der Waals surface area contributed by atoms with Crippen LogP contribution in [0.15, 0.2) is 36.4 Å². The van der Waals surface area contributed by atoms with Crippen molar-refractivity contribution in [2.24, 2.45) is 0 Å². The summed E-state index contributed by atoms with van der Waals surface area (Å²) in [7, 11) is 0. The number of aromatic nitrogens is 2. The number of hydrogen-bond acceptors (Lipinski definition) is 4. The van der Waals surface area contributed by atoms with Crippen LogP contribution in [0.5, 0.6) is 0 Å². The van der Waals surface area contributed by atoms with E-state index in [1.807, 2.05) is 24.3 Å². The molecule has 0 fully saturated rings. The van der Waals surface area contributed by atoms with Crippen LogP contribution in [0.2, 0.25) is 0 Å². The van der Waals surface area contributed by atoms with Crippen molar-refractivity contribution >= 4 is 17.4 Å². The third kappa shape index (κ3) is 4.28. The molecule has 0 spiro atoms. The molecule has 5 heteroatoms. The largest absolute Gasteiger partial charge is 0.366 e. The van der Waals surface area contributed by atoms with Crippen molar-refractivity contribution in [2.45, 2.75) is 39.7 Å². The van der Waals surface area contributed by atoms with Gasteiger partial charge < -0.3 is 10.6 Å². The second-order valence-electron chi connectivity index (χ2n) is 5.26. The third-order valence-electron chi connectivity index (χ3n) is 3.52. The summed E-state index contributed by atoms with van der Waals surface area (Å²) in [5.74, 6) is 0.421. The average Bonchev–Trinajstić information content (AvgIpc) is 2.56. The second kappa shape index (κ2) is 7.54. The molecule has 2 aromatic rings. The number of nitrogens with zero attached hydrogens (tertiary/aromatic N) is 2. The lowest BCUT2D eigenvalue weighted by Gasteiger charge is -2.11. The number of hydrogen-bond donors (Lipinski definition) is 2. The highest BCUT2D eigenvalue weighted by atomic mass is 16.1. The minimum Gasteiger partial charge on any atom is -0.366 e. The summed E-state index contributed by atoms with van der Waals surface area (Å²) in [5.41, 5.74) is 2.29. The van der Waals surface area contributed by atoms with Crippen LogP contribution in [0.25, 0.3) is 0 Å². The highest BCUT2D eigenvalue weighted by Crippen LogP contribution is 2.12. The molecule has 0 radical (unpaired) electrons. The van der Waals surface area contributed by atoms with E-state index in [-0.39, 0.29) is 5.91 Å². The predicted octanol–water partition coefficient (Wildman–Crippen LogP) is 3.50. The van der Waals surface area contributed by atoms with Gasteiger partial charge in [0.25, 0.3) is 5.91 Å². The van der Waals surface area contributed by atoms with E-state index in [2.05, 4.69) is 41.6 Å². The number of benzene rings is 1. The van der Waals surface area contributed by atoms with Crippen LogP contribution in [-0.2, 0) is 6.42 Å². The number of nitrogens with one attached hydrogen (secondary N) is 2. The van der Waals surface area contributed by atoms with Crippen molar-refractivity contribution < 1.29 is 4.79 Å². The fourth-order valence-corrected chi connectivity index (χ4v) is 1.90. The summed E-state index contributed by atoms with van der Waals surface area (Å²) >= 11 is 0. The van der Waals surface area contributed by atoms with Crippen LogP contribution < -0.4 is 10.6 Å². The zero-order chi connectivity index (χ0) is 15.9. The summed E-state index contributed by atoms with van der Waals surface area (Å²) in [6, 6.07) is 11.6. The Labute approximate surface area is 131 Å². The number of carbonyl (C=O) groups is 1. The molecule has 0 saturated carbocycles. The Bertz CT molecular complexity index is 608. The Balaban J connectivity index is 1.99. The second-order valence-corrected chi connectivity index (χ2v) is 5.26. The van der Waals surface area contributed by atoms with Gasteiger partial charge in [-0.05, 0) is 49.6 Å². The monoisotopic (exact) mass is 298 g/mol. The summed E-state index contributed by atoms with van der Waals surface area (Å²) in [6.07, 6.45) is 1.97. The summed E-state index contributed by atoms with van der Waals surface area (Å²) < 4.78 is 0. The van der Waals surface area contributed by atoms with E-state index in [1.54, 1.807) is 12.1 Å². The van der Waals surface area contributed by atoms with Gasteiger partial charge in [-0.2, -0.15) is 0 Å². The molecule has 1 atom stereocenters. The molecule has 22 heavy (non-hydrogen) atoms. The van der Waals surface area contributed by atoms with Gasteiger partial charge >= 0.3 is 0 Å². The molecule has 0 saturated heterocycles. The lowest BCUT2D eigenvalue weighted by atomic mass is 10.1. The number of aryl methyl sites for hydroxylation is 1. The molecule has 0 aliphatic rings. The van der Waals surface area contributed by atoms with Gasteiger partial charge in [0.05, 0.1) is 0 Å². The standard InChI is InChI=1S/C17H22N4O/c1-4-12(3)18-16-11-10-15(20-21-16)17(22)19-14-8-6-13(5-2)7-9-14/h6-12H,4-5H2,1-3H3,(H,18,21)(H,19,22). The zero-order valence-electron chi connectivity index (χ0n) is 13.3. The van der Waals surface area contributed by atoms with Crippen molar-refractivity contribution in [1.82, 2.24) is 10.2 Å². The fourth-order valence-electron chi connectivity index (χ4n) is 1.90. The zero-order valence-corrected chi connectivity index (χ0v) is 13.3. The van der Waals surface area contributed by atoms with Crippen LogP contribution in [0.3, 0.4) is 0 Å². The molecular weight excluding hydrogens is 276 g/mol. The maximum atomic E-state index is 12.1. The molecule has 1 unspecified atom stereocenters. The van der Waals surface area contributed by atoms with Crippen molar-refractivity contribution in [3.8, 4) is 0 Å². The Kier molecular flexibility index (Phi) is 5.47. The summed E-state index contributed by atoms with van der Waals surface area (Å²) in [5, 5.41) is 14.0. The van der Waals surface area contributed by atoms with E-state index in [4.69, 9.17) is 0 Å². The molecule has 1 aromatic heterocycles. The lowest BCUT2D eigenvalue weighted by molar-refractivity contribution is 0.102. The van der Waals surface area contributed by atoms with Crippen molar-refractivity contribution in [1.29, 1.82) is 0 Å². The average molecular weight is 298 g/mol. The van der Waals surface area contributed by atoms with E-state index in [1.165, 1.54) is 5.56 Å². The van der Waals surface area contributed by atoms with Crippen LogP contribution in [0, 0.1) is 0 Å². The Hall–Kier alpha value is -2.43. The minimum atomic E-state index is -0.258. The van der Waals surface area contributed by atoms with Crippen molar-refractivity contribution in [3.63, 3.8) is 0 Å². The van der Waals surface area contributed by atoms with E-state index in [0.717, 1.165) is 18.5 Å². The first-order chi connectivity index (χ1) is 10.6. The van der Waals surface area contributed by atoms with Gasteiger partial charge in [-0.25, -0.2) is 0 Å². The number of rotatable bonds is 6. The number of anilines is 2. The molecule has 5 nitrogen and oxygen atoms in total. The van der Waals surface area contributed by atoms with Crippen LogP contribution >= 0.6 is 0 Å². The van der Waals surface area contributed by atoms with Crippen LogP contribution in [0.4, 0.5) is 11.5 Å². The lowest BCUT2D eigenvalue weighted by Crippen LogP contribution is -2.17. The van der Waals surface area contributed by atoms with E-state index < -0.39 is 0 Å². The van der Waals surface area contributed by atoms with Gasteiger partial charge in [-0.3, -0.25) is 4.79 Å². The third-order valence-corrected chi connectivity index (χ3v) is 3.52. The van der Waals surface area contributed by atoms with Gasteiger partial charge in [0.1, 0.15) is 5.82 Å². The first kappa shape index (κ1) is 15.9. The van der Waals surface area contributed by atoms with Gasteiger partial charge in [-0.1, -0.05) is 26.0 Å². The molecule has 0 aliphatic carbocycles. The molecule has 1 amide bonds. The molecule has 1 heterocycles. The molecule has 1 aromatic carbocycles. The molecule has 2 N–H and O–H groups in total. The van der Waals surface area contributed by atoms with Crippen molar-refractivity contribution in [3.05, 3.63) is 47.7 Å².